The van der Waals surface area contributed by atoms with E-state index in [4.69, 9.17) is 19.2 Å². The number of ether oxygens (including phenoxy) is 3. The molecule has 0 radical (unpaired) electrons. The summed E-state index contributed by atoms with van der Waals surface area (Å²) in [6, 6.07) is 5.30. The number of nitrogens with zero attached hydrogens (tertiary/aromatic N) is 6. The summed E-state index contributed by atoms with van der Waals surface area (Å²) in [6.07, 6.45) is 7.98. The van der Waals surface area contributed by atoms with E-state index in [9.17, 15) is 14.4 Å². The number of aromatic nitrogens is 2. The summed E-state index contributed by atoms with van der Waals surface area (Å²) >= 11 is 0. The molecule has 276 valence electrons. The predicted octanol–water partition coefficient (Wildman–Crippen LogP) is 5.93. The van der Waals surface area contributed by atoms with E-state index in [1.807, 2.05) is 59.6 Å². The van der Waals surface area contributed by atoms with Crippen molar-refractivity contribution in [1.29, 1.82) is 0 Å². The number of amides is 3. The Morgan fingerprint density at radius 2 is 1.76 bits per heavy atom. The molecule has 1 unspecified atom stereocenters. The SMILES string of the molecule is CC.CCC1C(=O)N(C)c2cnc(N(C)c3ccc(C(=O)NCCOC4CCN(C(=O)OC(C)(C)C)CC4)cc3OC)nc2N1C1CCCC1. The van der Waals surface area contributed by atoms with Crippen molar-refractivity contribution >= 4 is 41.0 Å². The van der Waals surface area contributed by atoms with Crippen LogP contribution < -0.4 is 24.8 Å². The smallest absolute Gasteiger partial charge is 0.410 e. The van der Waals surface area contributed by atoms with E-state index >= 15 is 0 Å². The second-order valence-corrected chi connectivity index (χ2v) is 13.8. The summed E-state index contributed by atoms with van der Waals surface area (Å²) in [4.78, 5) is 55.7. The van der Waals surface area contributed by atoms with Crippen molar-refractivity contribution in [3.05, 3.63) is 30.0 Å². The third-order valence-electron chi connectivity index (χ3n) is 9.34. The second kappa shape index (κ2) is 17.2. The summed E-state index contributed by atoms with van der Waals surface area (Å²) in [7, 11) is 5.22. The zero-order chi connectivity index (χ0) is 36.6. The molecule has 2 aromatic rings. The van der Waals surface area contributed by atoms with Gasteiger partial charge in [-0.1, -0.05) is 33.6 Å². The number of likely N-dealkylation sites (tertiary alicyclic amines) is 1. The molecule has 2 aliphatic heterocycles. The van der Waals surface area contributed by atoms with Gasteiger partial charge in [-0.3, -0.25) is 9.59 Å². The number of hydrogen-bond acceptors (Lipinski definition) is 10. The van der Waals surface area contributed by atoms with Crippen LogP contribution >= 0.6 is 0 Å². The molecule has 0 bridgehead atoms. The molecule has 50 heavy (non-hydrogen) atoms. The second-order valence-electron chi connectivity index (χ2n) is 13.8. The monoisotopic (exact) mass is 695 g/mol. The van der Waals surface area contributed by atoms with E-state index in [1.165, 1.54) is 0 Å². The predicted molar refractivity (Wildman–Crippen MR) is 196 cm³/mol. The van der Waals surface area contributed by atoms with Gasteiger partial charge in [0, 0.05) is 45.3 Å². The maximum absolute atomic E-state index is 13.3. The Bertz CT molecular complexity index is 1470. The summed E-state index contributed by atoms with van der Waals surface area (Å²) in [5, 5.41) is 2.93. The van der Waals surface area contributed by atoms with Gasteiger partial charge in [0.25, 0.3) is 5.91 Å². The normalized spacial score (nSPS) is 18.3. The van der Waals surface area contributed by atoms with Crippen molar-refractivity contribution in [3.63, 3.8) is 0 Å². The number of hydrogen-bond donors (Lipinski definition) is 1. The minimum absolute atomic E-state index is 0.0281. The van der Waals surface area contributed by atoms with E-state index in [2.05, 4.69) is 15.2 Å². The van der Waals surface area contributed by atoms with Crippen LogP contribution in [0.4, 0.5) is 27.9 Å². The Morgan fingerprint density at radius 3 is 2.38 bits per heavy atom. The van der Waals surface area contributed by atoms with E-state index in [0.29, 0.717) is 61.3 Å². The minimum atomic E-state index is -0.519. The molecule has 13 heteroatoms. The molecule has 1 aromatic carbocycles. The highest BCUT2D eigenvalue weighted by atomic mass is 16.6. The van der Waals surface area contributed by atoms with Crippen LogP contribution in [0.1, 0.15) is 96.8 Å². The number of benzene rings is 1. The maximum Gasteiger partial charge on any atom is 0.410 e. The molecule has 1 aliphatic carbocycles. The first-order chi connectivity index (χ1) is 23.9. The van der Waals surface area contributed by atoms with E-state index in [0.717, 1.165) is 44.3 Å². The molecule has 3 amide bonds. The molecule has 1 N–H and O–H groups in total. The van der Waals surface area contributed by atoms with Gasteiger partial charge in [0.05, 0.1) is 31.7 Å². The van der Waals surface area contributed by atoms with Gasteiger partial charge in [0.1, 0.15) is 23.1 Å². The lowest BCUT2D eigenvalue weighted by Gasteiger charge is -2.43. The lowest BCUT2D eigenvalue weighted by atomic mass is 10.0. The molecule has 0 spiro atoms. The Kier molecular flexibility index (Phi) is 13.3. The molecule has 1 saturated heterocycles. The zero-order valence-corrected chi connectivity index (χ0v) is 31.5. The van der Waals surface area contributed by atoms with Gasteiger partial charge in [-0.2, -0.15) is 4.98 Å². The number of rotatable bonds is 10. The van der Waals surface area contributed by atoms with Crippen molar-refractivity contribution in [1.82, 2.24) is 20.2 Å². The largest absolute Gasteiger partial charge is 0.495 e. The van der Waals surface area contributed by atoms with Crippen molar-refractivity contribution in [3.8, 4) is 5.75 Å². The number of piperidine rings is 1. The van der Waals surface area contributed by atoms with Gasteiger partial charge in [0.15, 0.2) is 5.82 Å². The fraction of sp³-hybridized carbons (Fsp3) is 0.649. The van der Waals surface area contributed by atoms with Crippen LogP contribution in [0.25, 0.3) is 0 Å². The average Bonchev–Trinajstić information content (AvgIpc) is 3.65. The molecule has 5 rings (SSSR count). The zero-order valence-electron chi connectivity index (χ0n) is 31.5. The molecule has 1 aromatic heterocycles. The molecule has 1 atom stereocenters. The Morgan fingerprint density at radius 1 is 1.08 bits per heavy atom. The average molecular weight is 696 g/mol. The first kappa shape index (κ1) is 38.7. The number of carbonyl (C=O) groups excluding carboxylic acids is 3. The third kappa shape index (κ3) is 8.96. The van der Waals surface area contributed by atoms with Crippen molar-refractivity contribution in [2.45, 2.75) is 110 Å². The lowest BCUT2D eigenvalue weighted by Crippen LogP contribution is -2.55. The van der Waals surface area contributed by atoms with Crippen molar-refractivity contribution < 1.29 is 28.6 Å². The van der Waals surface area contributed by atoms with E-state index in [1.54, 1.807) is 42.3 Å². The Labute approximate surface area is 297 Å². The quantitative estimate of drug-likeness (QED) is 0.299. The number of likely N-dealkylation sites (N-methyl/N-ethyl adjacent to an activating group) is 1. The topological polar surface area (TPSA) is 130 Å². The number of nitrogens with one attached hydrogen (secondary N) is 1. The molecule has 3 aliphatic rings. The fourth-order valence-corrected chi connectivity index (χ4v) is 6.76. The van der Waals surface area contributed by atoms with Crippen LogP contribution in [-0.4, -0.2) is 104 Å². The van der Waals surface area contributed by atoms with Crippen LogP contribution in [0, 0.1) is 0 Å². The summed E-state index contributed by atoms with van der Waals surface area (Å²) in [6.45, 7) is 13.5. The van der Waals surface area contributed by atoms with Crippen LogP contribution in [0.3, 0.4) is 0 Å². The fourth-order valence-electron chi connectivity index (χ4n) is 6.76. The van der Waals surface area contributed by atoms with Gasteiger partial charge in [0.2, 0.25) is 11.9 Å². The first-order valence-corrected chi connectivity index (χ1v) is 18.1. The lowest BCUT2D eigenvalue weighted by molar-refractivity contribution is -0.120. The van der Waals surface area contributed by atoms with E-state index in [-0.39, 0.29) is 36.1 Å². The molecule has 3 heterocycles. The van der Waals surface area contributed by atoms with Crippen LogP contribution in [0.2, 0.25) is 0 Å². The summed E-state index contributed by atoms with van der Waals surface area (Å²) < 4.78 is 17.2. The van der Waals surface area contributed by atoms with Gasteiger partial charge in [-0.15, -0.1) is 0 Å². The molecule has 2 fully saturated rings. The number of carbonyl (C=O) groups is 3. The highest BCUT2D eigenvalue weighted by Crippen LogP contribution is 2.41. The van der Waals surface area contributed by atoms with Crippen molar-refractivity contribution in [2.75, 3.05) is 62.1 Å². The van der Waals surface area contributed by atoms with E-state index < -0.39 is 5.60 Å². The third-order valence-corrected chi connectivity index (χ3v) is 9.34. The molecular weight excluding hydrogens is 638 g/mol. The minimum Gasteiger partial charge on any atom is -0.495 e. The van der Waals surface area contributed by atoms with Crippen LogP contribution in [0.15, 0.2) is 24.4 Å². The van der Waals surface area contributed by atoms with Crippen LogP contribution in [-0.2, 0) is 14.3 Å². The highest BCUT2D eigenvalue weighted by molar-refractivity contribution is 6.04. The standard InChI is InChI=1S/C35H51N7O6.C2H6/c1-8-26-32(44)39(5)28-22-37-33(38-30(28)42(26)24-11-9-10-12-24)40(6)27-14-13-23(21-29(27)46-7)31(43)36-17-20-47-25-15-18-41(19-16-25)34(45)48-35(2,3)4;1-2/h13-14,21-22,24-26H,8-12,15-20H2,1-7H3,(H,36,43);1-2H3. The van der Waals surface area contributed by atoms with Gasteiger partial charge in [-0.05, 0) is 71.1 Å². The first-order valence-electron chi connectivity index (χ1n) is 18.1. The number of methoxy groups -OCH3 is 1. The van der Waals surface area contributed by atoms with Crippen LogP contribution in [0.5, 0.6) is 5.75 Å². The Hall–Kier alpha value is -4.13. The molecule has 1 saturated carbocycles. The van der Waals surface area contributed by atoms with Gasteiger partial charge in [-0.25, -0.2) is 9.78 Å². The molecule has 13 nitrogen and oxygen atoms in total. The van der Waals surface area contributed by atoms with Crippen molar-refractivity contribution in [2.24, 2.45) is 0 Å². The van der Waals surface area contributed by atoms with Gasteiger partial charge < -0.3 is 39.1 Å². The Balaban J connectivity index is 0.00000276. The molecular formula is C37H57N7O6. The van der Waals surface area contributed by atoms with Gasteiger partial charge >= 0.3 is 6.09 Å². The number of anilines is 4. The maximum atomic E-state index is 13.3. The summed E-state index contributed by atoms with van der Waals surface area (Å²) in [5.74, 6) is 1.59. The summed E-state index contributed by atoms with van der Waals surface area (Å²) in [5.41, 5.74) is 1.35. The number of fused-ring (bicyclic) bond motifs is 1. The highest BCUT2D eigenvalue weighted by Gasteiger charge is 2.41.